The molecule has 2 nitrogen and oxygen atoms in total. The maximum absolute atomic E-state index is 9.75. The number of aromatic nitrogens is 1. The van der Waals surface area contributed by atoms with Gasteiger partial charge in [0.1, 0.15) is 0 Å². The SMILES string of the molecule is Cc1ccc(/C=C/c2cc(-c3ccccc3)o[n+]2C)cc1.F[B-](F)(F)F. The molecule has 0 saturated heterocycles. The molecule has 0 N–H and O–H groups in total. The third-order valence-corrected chi connectivity index (χ3v) is 3.46. The van der Waals surface area contributed by atoms with E-state index in [1.54, 1.807) is 4.74 Å². The van der Waals surface area contributed by atoms with Crippen molar-refractivity contribution in [3.8, 4) is 11.3 Å². The van der Waals surface area contributed by atoms with Crippen molar-refractivity contribution < 1.29 is 26.5 Å². The van der Waals surface area contributed by atoms with Crippen molar-refractivity contribution in [3.05, 3.63) is 77.5 Å². The summed E-state index contributed by atoms with van der Waals surface area (Å²) in [6.07, 6.45) is 4.17. The molecule has 26 heavy (non-hydrogen) atoms. The summed E-state index contributed by atoms with van der Waals surface area (Å²) in [6.45, 7) is 2.09. The van der Waals surface area contributed by atoms with Crippen LogP contribution in [0.25, 0.3) is 23.5 Å². The van der Waals surface area contributed by atoms with Gasteiger partial charge in [0.15, 0.2) is 7.05 Å². The van der Waals surface area contributed by atoms with Gasteiger partial charge in [-0.2, -0.15) is 0 Å². The zero-order valence-corrected chi connectivity index (χ0v) is 14.4. The number of hydrogen-bond acceptors (Lipinski definition) is 1. The van der Waals surface area contributed by atoms with Crippen molar-refractivity contribution in [2.24, 2.45) is 7.05 Å². The van der Waals surface area contributed by atoms with E-state index in [2.05, 4.69) is 49.4 Å². The Bertz CT molecular complexity index is 849. The van der Waals surface area contributed by atoms with Crippen LogP contribution in [0.4, 0.5) is 17.3 Å². The zero-order chi connectivity index (χ0) is 19.2. The Morgan fingerprint density at radius 3 is 2.04 bits per heavy atom. The van der Waals surface area contributed by atoms with E-state index in [0.717, 1.165) is 17.0 Å². The third kappa shape index (κ3) is 6.59. The van der Waals surface area contributed by atoms with E-state index in [1.807, 2.05) is 37.4 Å². The normalized spacial score (nSPS) is 11.3. The zero-order valence-electron chi connectivity index (χ0n) is 14.4. The van der Waals surface area contributed by atoms with Gasteiger partial charge in [0.2, 0.25) is 5.76 Å². The van der Waals surface area contributed by atoms with Gasteiger partial charge in [-0.3, -0.25) is 0 Å². The molecule has 0 aliphatic rings. The van der Waals surface area contributed by atoms with Gasteiger partial charge in [0.05, 0.1) is 6.07 Å². The van der Waals surface area contributed by atoms with Crippen molar-refractivity contribution in [2.45, 2.75) is 6.92 Å². The maximum atomic E-state index is 9.75. The van der Waals surface area contributed by atoms with E-state index in [9.17, 15) is 17.3 Å². The topological polar surface area (TPSA) is 17.0 Å². The van der Waals surface area contributed by atoms with E-state index >= 15 is 0 Å². The number of aryl methyl sites for hydroxylation is 2. The first kappa shape index (κ1) is 19.5. The van der Waals surface area contributed by atoms with Crippen LogP contribution in [-0.2, 0) is 7.05 Å². The average Bonchev–Trinajstić information content (AvgIpc) is 2.95. The Labute approximate surface area is 149 Å². The lowest BCUT2D eigenvalue weighted by atomic mass is 10.1. The van der Waals surface area contributed by atoms with Gasteiger partial charge in [-0.15, -0.1) is 0 Å². The molecule has 3 rings (SSSR count). The van der Waals surface area contributed by atoms with Crippen molar-refractivity contribution in [3.63, 3.8) is 0 Å². The largest absolute Gasteiger partial charge is 0.673 e. The van der Waals surface area contributed by atoms with E-state index in [1.165, 1.54) is 11.1 Å². The van der Waals surface area contributed by atoms with Gasteiger partial charge in [-0.1, -0.05) is 60.2 Å². The van der Waals surface area contributed by atoms with Crippen LogP contribution in [0.5, 0.6) is 0 Å². The molecule has 0 radical (unpaired) electrons. The van der Waals surface area contributed by atoms with Crippen molar-refractivity contribution in [1.82, 2.24) is 0 Å². The highest BCUT2D eigenvalue weighted by Crippen LogP contribution is 2.19. The third-order valence-electron chi connectivity index (χ3n) is 3.46. The Hall–Kier alpha value is -2.83. The summed E-state index contributed by atoms with van der Waals surface area (Å²) in [7, 11) is -4.08. The van der Waals surface area contributed by atoms with Gasteiger partial charge in [0.25, 0.3) is 5.69 Å². The summed E-state index contributed by atoms with van der Waals surface area (Å²) in [6, 6.07) is 20.6. The number of halogens is 4. The van der Waals surface area contributed by atoms with Crippen LogP contribution in [0.3, 0.4) is 0 Å². The smallest absolute Gasteiger partial charge is 0.418 e. The first-order valence-electron chi connectivity index (χ1n) is 7.90. The molecule has 0 atom stereocenters. The maximum Gasteiger partial charge on any atom is 0.673 e. The van der Waals surface area contributed by atoms with Crippen LogP contribution in [-0.4, -0.2) is 7.25 Å². The summed E-state index contributed by atoms with van der Waals surface area (Å²) in [4.78, 5) is 0. The van der Waals surface area contributed by atoms with Crippen LogP contribution >= 0.6 is 0 Å². The lowest BCUT2D eigenvalue weighted by molar-refractivity contribution is -0.844. The van der Waals surface area contributed by atoms with Gasteiger partial charge in [-0.05, 0) is 23.3 Å². The predicted molar refractivity (Wildman–Crippen MR) is 95.6 cm³/mol. The van der Waals surface area contributed by atoms with Gasteiger partial charge in [-0.25, -0.2) is 4.52 Å². The van der Waals surface area contributed by atoms with Crippen LogP contribution in [0.1, 0.15) is 16.8 Å². The molecule has 7 heteroatoms. The number of benzene rings is 2. The summed E-state index contributed by atoms with van der Waals surface area (Å²) >= 11 is 0. The fourth-order valence-corrected chi connectivity index (χ4v) is 2.20. The van der Waals surface area contributed by atoms with Crippen molar-refractivity contribution in [1.29, 1.82) is 0 Å². The highest BCUT2D eigenvalue weighted by molar-refractivity contribution is 6.50. The minimum Gasteiger partial charge on any atom is -0.418 e. The highest BCUT2D eigenvalue weighted by Gasteiger charge is 2.20. The molecule has 3 aromatic rings. The molecule has 0 unspecified atom stereocenters. The number of nitrogens with zero attached hydrogens (tertiary/aromatic N) is 1. The minimum absolute atomic E-state index is 0.877. The quantitative estimate of drug-likeness (QED) is 0.339. The molecule has 0 aliphatic carbocycles. The molecule has 0 spiro atoms. The standard InChI is InChI=1S/C19H18NO.BF4/c1-15-8-10-16(11-9-15)12-13-18-14-19(21-20(18)2)17-6-4-3-5-7-17;2-1(3,4)5/h3-14H,1-2H3;/q+1;-1/b13-12+;. The number of hydrogen-bond donors (Lipinski definition) is 0. The average molecular weight is 363 g/mol. The Kier molecular flexibility index (Phi) is 6.38. The van der Waals surface area contributed by atoms with E-state index < -0.39 is 7.25 Å². The van der Waals surface area contributed by atoms with Crippen molar-refractivity contribution >= 4 is 19.4 Å². The Balaban J connectivity index is 0.000000431. The van der Waals surface area contributed by atoms with Gasteiger partial charge in [0, 0.05) is 11.6 Å². The molecular weight excluding hydrogens is 345 g/mol. The monoisotopic (exact) mass is 363 g/mol. The first-order valence-corrected chi connectivity index (χ1v) is 7.90. The molecule has 1 aromatic heterocycles. The van der Waals surface area contributed by atoms with Crippen LogP contribution in [0, 0.1) is 6.92 Å². The molecule has 0 aliphatic heterocycles. The van der Waals surface area contributed by atoms with Crippen LogP contribution in [0.2, 0.25) is 0 Å². The fourth-order valence-electron chi connectivity index (χ4n) is 2.20. The van der Waals surface area contributed by atoms with Gasteiger partial charge < -0.3 is 17.3 Å². The number of rotatable bonds is 3. The van der Waals surface area contributed by atoms with E-state index in [4.69, 9.17) is 4.52 Å². The minimum atomic E-state index is -6.00. The summed E-state index contributed by atoms with van der Waals surface area (Å²) < 4.78 is 46.6. The molecule has 1 heterocycles. The summed E-state index contributed by atoms with van der Waals surface area (Å²) in [5.74, 6) is 0.877. The molecule has 0 bridgehead atoms. The second kappa shape index (κ2) is 8.51. The summed E-state index contributed by atoms with van der Waals surface area (Å²) in [5, 5.41) is 0. The molecule has 136 valence electrons. The Morgan fingerprint density at radius 1 is 0.885 bits per heavy atom. The highest BCUT2D eigenvalue weighted by atomic mass is 19.5. The lowest BCUT2D eigenvalue weighted by Gasteiger charge is -1.94. The second-order valence-electron chi connectivity index (χ2n) is 5.63. The van der Waals surface area contributed by atoms with E-state index in [-0.39, 0.29) is 0 Å². The van der Waals surface area contributed by atoms with E-state index in [0.29, 0.717) is 0 Å². The molecule has 0 amide bonds. The lowest BCUT2D eigenvalue weighted by Crippen LogP contribution is -2.27. The van der Waals surface area contributed by atoms with Crippen LogP contribution in [0.15, 0.2) is 65.2 Å². The Morgan fingerprint density at radius 2 is 1.46 bits per heavy atom. The van der Waals surface area contributed by atoms with Gasteiger partial charge >= 0.3 is 7.25 Å². The molecule has 0 fully saturated rings. The molecular formula is C19H18BF4NO. The van der Waals surface area contributed by atoms with Crippen LogP contribution < -0.4 is 4.74 Å². The second-order valence-corrected chi connectivity index (χ2v) is 5.63. The molecule has 2 aromatic carbocycles. The first-order chi connectivity index (χ1) is 12.2. The fraction of sp³-hybridized carbons (Fsp3) is 0.105. The van der Waals surface area contributed by atoms with Crippen molar-refractivity contribution in [2.75, 3.05) is 0 Å². The summed E-state index contributed by atoms with van der Waals surface area (Å²) in [5.41, 5.74) is 4.58. The predicted octanol–water partition coefficient (Wildman–Crippen LogP) is 5.55. The molecule has 0 saturated carbocycles.